The van der Waals surface area contributed by atoms with Crippen molar-refractivity contribution >= 4 is 29.1 Å². The number of hydrogen-bond donors (Lipinski definition) is 0. The normalized spacial score (nSPS) is 14.7. The smallest absolute Gasteiger partial charge is 0.338 e. The SMILES string of the molecule is CCCC1=C(C(=O)OCC)[C@H](c2cc(OC)ccc2OC)n2c(s/c(=C\c3ccc(-c4cc([N+](=O)[O-])ccc4C)o3)c2=O)=N1. The van der Waals surface area contributed by atoms with Gasteiger partial charge in [0.05, 0.1) is 41.6 Å². The molecule has 0 bridgehead atoms. The Kier molecular flexibility index (Phi) is 8.81. The second-order valence-electron chi connectivity index (χ2n) is 9.98. The van der Waals surface area contributed by atoms with Crippen LogP contribution in [0.15, 0.2) is 74.0 Å². The number of thiazole rings is 1. The molecule has 0 aliphatic carbocycles. The van der Waals surface area contributed by atoms with Gasteiger partial charge in [0.2, 0.25) is 0 Å². The van der Waals surface area contributed by atoms with Gasteiger partial charge < -0.3 is 18.6 Å². The number of aryl methyl sites for hydroxylation is 1. The van der Waals surface area contributed by atoms with Crippen molar-refractivity contribution in [3.63, 3.8) is 0 Å². The standard InChI is InChI=1S/C32H31N3O8S/c1-6-8-24-28(31(37)42-7-2)29(23-16-20(40-4)11-13-25(23)41-5)34-30(36)27(44-32(34)33-24)17-21-12-14-26(43-21)22-15-19(35(38)39)10-9-18(22)3/h9-17,29H,6-8H2,1-5H3/b27-17-/t29-/m0/s1. The van der Waals surface area contributed by atoms with Gasteiger partial charge in [0.1, 0.15) is 29.1 Å². The molecular formula is C32H31N3O8S. The molecule has 0 saturated carbocycles. The number of rotatable bonds is 10. The van der Waals surface area contributed by atoms with Crippen molar-refractivity contribution in [3.05, 3.63) is 106 Å². The first kappa shape index (κ1) is 30.5. The summed E-state index contributed by atoms with van der Waals surface area (Å²) in [4.78, 5) is 43.7. The summed E-state index contributed by atoms with van der Waals surface area (Å²) in [6.07, 6.45) is 2.81. The summed E-state index contributed by atoms with van der Waals surface area (Å²) >= 11 is 1.17. The molecule has 3 heterocycles. The van der Waals surface area contributed by atoms with E-state index in [0.29, 0.717) is 62.0 Å². The lowest BCUT2D eigenvalue weighted by Gasteiger charge is -2.27. The lowest BCUT2D eigenvalue weighted by atomic mass is 9.93. The largest absolute Gasteiger partial charge is 0.497 e. The van der Waals surface area contributed by atoms with Crippen LogP contribution >= 0.6 is 11.3 Å². The summed E-state index contributed by atoms with van der Waals surface area (Å²) < 4.78 is 24.5. The van der Waals surface area contributed by atoms with Gasteiger partial charge in [-0.15, -0.1) is 0 Å². The van der Waals surface area contributed by atoms with Gasteiger partial charge in [0.25, 0.3) is 11.2 Å². The molecule has 12 heteroatoms. The summed E-state index contributed by atoms with van der Waals surface area (Å²) in [6.45, 7) is 5.70. The van der Waals surface area contributed by atoms with Gasteiger partial charge >= 0.3 is 5.97 Å². The number of nitro benzene ring substituents is 1. The first-order chi connectivity index (χ1) is 21.2. The molecule has 44 heavy (non-hydrogen) atoms. The molecule has 0 radical (unpaired) electrons. The number of esters is 1. The second-order valence-corrected chi connectivity index (χ2v) is 11.0. The number of carbonyl (C=O) groups excluding carboxylic acids is 1. The van der Waals surface area contributed by atoms with Crippen LogP contribution < -0.4 is 24.4 Å². The highest BCUT2D eigenvalue weighted by atomic mass is 32.1. The second kappa shape index (κ2) is 12.7. The predicted molar refractivity (Wildman–Crippen MR) is 165 cm³/mol. The average molecular weight is 618 g/mol. The molecular weight excluding hydrogens is 586 g/mol. The Morgan fingerprint density at radius 2 is 1.93 bits per heavy atom. The highest BCUT2D eigenvalue weighted by Crippen LogP contribution is 2.39. The number of nitrogens with zero attached hydrogens (tertiary/aromatic N) is 3. The third-order valence-corrected chi connectivity index (χ3v) is 8.20. The van der Waals surface area contributed by atoms with Crippen LogP contribution in [0.25, 0.3) is 17.4 Å². The summed E-state index contributed by atoms with van der Waals surface area (Å²) in [5.41, 5.74) is 2.30. The summed E-state index contributed by atoms with van der Waals surface area (Å²) in [7, 11) is 3.06. The van der Waals surface area contributed by atoms with Gasteiger partial charge in [-0.05, 0) is 56.2 Å². The van der Waals surface area contributed by atoms with Crippen LogP contribution in [0.3, 0.4) is 0 Å². The number of allylic oxidation sites excluding steroid dienone is 1. The number of furan rings is 1. The minimum Gasteiger partial charge on any atom is -0.497 e. The van der Waals surface area contributed by atoms with E-state index in [0.717, 1.165) is 5.56 Å². The molecule has 0 fully saturated rings. The lowest BCUT2D eigenvalue weighted by molar-refractivity contribution is -0.384. The fourth-order valence-corrected chi connectivity index (χ4v) is 6.16. The number of hydrogen-bond acceptors (Lipinski definition) is 10. The van der Waals surface area contributed by atoms with Crippen LogP contribution in [0.4, 0.5) is 5.69 Å². The van der Waals surface area contributed by atoms with E-state index in [4.69, 9.17) is 23.6 Å². The van der Waals surface area contributed by atoms with Crippen molar-refractivity contribution in [2.24, 2.45) is 4.99 Å². The zero-order valence-electron chi connectivity index (χ0n) is 24.9. The summed E-state index contributed by atoms with van der Waals surface area (Å²) in [6, 6.07) is 12.3. The van der Waals surface area contributed by atoms with E-state index in [1.807, 2.05) is 13.8 Å². The molecule has 0 amide bonds. The minimum absolute atomic E-state index is 0.0508. The van der Waals surface area contributed by atoms with Gasteiger partial charge in [0.15, 0.2) is 4.80 Å². The molecule has 0 saturated heterocycles. The van der Waals surface area contributed by atoms with E-state index in [1.165, 1.54) is 42.3 Å². The zero-order valence-corrected chi connectivity index (χ0v) is 25.7. The third-order valence-electron chi connectivity index (χ3n) is 7.22. The Morgan fingerprint density at radius 3 is 2.61 bits per heavy atom. The van der Waals surface area contributed by atoms with Gasteiger partial charge in [-0.25, -0.2) is 9.79 Å². The molecule has 2 aromatic heterocycles. The van der Waals surface area contributed by atoms with Crippen LogP contribution in [-0.2, 0) is 9.53 Å². The molecule has 0 N–H and O–H groups in total. The fourth-order valence-electron chi connectivity index (χ4n) is 5.16. The first-order valence-corrected chi connectivity index (χ1v) is 14.8. The lowest BCUT2D eigenvalue weighted by Crippen LogP contribution is -2.40. The van der Waals surface area contributed by atoms with Crippen LogP contribution in [0, 0.1) is 17.0 Å². The van der Waals surface area contributed by atoms with Crippen molar-refractivity contribution in [3.8, 4) is 22.8 Å². The van der Waals surface area contributed by atoms with Crippen LogP contribution in [0.1, 0.15) is 49.6 Å². The van der Waals surface area contributed by atoms with E-state index in [1.54, 1.807) is 49.4 Å². The molecule has 228 valence electrons. The van der Waals surface area contributed by atoms with Crippen molar-refractivity contribution in [2.45, 2.75) is 39.7 Å². The minimum atomic E-state index is -0.890. The number of aromatic nitrogens is 1. The Labute approximate surface area is 256 Å². The molecule has 1 aliphatic rings. The topological polar surface area (TPSA) is 135 Å². The third kappa shape index (κ3) is 5.68. The first-order valence-electron chi connectivity index (χ1n) is 14.0. The van der Waals surface area contributed by atoms with E-state index >= 15 is 0 Å². The highest BCUT2D eigenvalue weighted by Gasteiger charge is 2.36. The predicted octanol–water partition coefficient (Wildman–Crippen LogP) is 5.07. The molecule has 1 atom stereocenters. The highest BCUT2D eigenvalue weighted by molar-refractivity contribution is 7.07. The number of carbonyl (C=O) groups is 1. The van der Waals surface area contributed by atoms with E-state index < -0.39 is 16.9 Å². The maximum Gasteiger partial charge on any atom is 0.338 e. The van der Waals surface area contributed by atoms with Crippen molar-refractivity contribution in [1.82, 2.24) is 4.57 Å². The Morgan fingerprint density at radius 1 is 1.14 bits per heavy atom. The number of ether oxygens (including phenoxy) is 3. The zero-order chi connectivity index (χ0) is 31.5. The Hall–Kier alpha value is -4.97. The maximum absolute atomic E-state index is 14.1. The molecule has 1 aliphatic heterocycles. The summed E-state index contributed by atoms with van der Waals surface area (Å²) in [5, 5.41) is 11.3. The van der Waals surface area contributed by atoms with Gasteiger partial charge in [-0.3, -0.25) is 19.5 Å². The van der Waals surface area contributed by atoms with Crippen LogP contribution in [-0.4, -0.2) is 36.3 Å². The van der Waals surface area contributed by atoms with E-state index in [-0.39, 0.29) is 23.4 Å². The van der Waals surface area contributed by atoms with Gasteiger partial charge in [-0.1, -0.05) is 30.7 Å². The van der Waals surface area contributed by atoms with E-state index in [2.05, 4.69) is 0 Å². The monoisotopic (exact) mass is 617 g/mol. The molecule has 5 rings (SSSR count). The number of fused-ring (bicyclic) bond motifs is 1. The Bertz CT molecular complexity index is 1970. The number of non-ortho nitro benzene ring substituents is 1. The molecule has 4 aromatic rings. The molecule has 2 aromatic carbocycles. The van der Waals surface area contributed by atoms with Crippen molar-refractivity contribution in [1.29, 1.82) is 0 Å². The fraction of sp³-hybridized carbons (Fsp3) is 0.281. The van der Waals surface area contributed by atoms with Crippen molar-refractivity contribution in [2.75, 3.05) is 20.8 Å². The molecule has 0 unspecified atom stereocenters. The molecule has 11 nitrogen and oxygen atoms in total. The quantitative estimate of drug-likeness (QED) is 0.137. The van der Waals surface area contributed by atoms with Crippen LogP contribution in [0.2, 0.25) is 0 Å². The van der Waals surface area contributed by atoms with Crippen LogP contribution in [0.5, 0.6) is 11.5 Å². The van der Waals surface area contributed by atoms with Gasteiger partial charge in [-0.2, -0.15) is 0 Å². The van der Waals surface area contributed by atoms with Gasteiger partial charge in [0, 0.05) is 29.3 Å². The maximum atomic E-state index is 14.1. The number of nitro groups is 1. The average Bonchev–Trinajstić information content (AvgIpc) is 3.60. The number of methoxy groups -OCH3 is 2. The number of benzene rings is 2. The van der Waals surface area contributed by atoms with Crippen molar-refractivity contribution < 1.29 is 28.3 Å². The molecule has 0 spiro atoms. The summed E-state index contributed by atoms with van der Waals surface area (Å²) in [5.74, 6) is 1.24. The van der Waals surface area contributed by atoms with E-state index in [9.17, 15) is 19.7 Å². The Balaban J connectivity index is 1.71.